The molecule has 0 aliphatic heterocycles. The van der Waals surface area contributed by atoms with E-state index >= 15 is 0 Å². The first-order valence-electron chi connectivity index (χ1n) is 1.98. The molecular weight excluding hydrogens is 170 g/mol. The van der Waals surface area contributed by atoms with Gasteiger partial charge in [-0.25, -0.2) is 4.79 Å². The summed E-state index contributed by atoms with van der Waals surface area (Å²) in [6.07, 6.45) is 0. The molecule has 0 aromatic heterocycles. The SMILES string of the molecule is COC(=O)C(F)(F)S(=O)[O-]. The maximum Gasteiger partial charge on any atom is 0.403 e. The average molecular weight is 173 g/mol. The van der Waals surface area contributed by atoms with Crippen LogP contribution >= 0.6 is 0 Å². The Kier molecular flexibility index (Phi) is 2.85. The van der Waals surface area contributed by atoms with E-state index in [4.69, 9.17) is 0 Å². The number of halogens is 2. The molecule has 1 atom stereocenters. The van der Waals surface area contributed by atoms with Crippen LogP contribution in [0, 0.1) is 0 Å². The van der Waals surface area contributed by atoms with Crippen LogP contribution in [0.5, 0.6) is 0 Å². The summed E-state index contributed by atoms with van der Waals surface area (Å²) in [5.41, 5.74) is 0. The Balaban J connectivity index is 4.40. The summed E-state index contributed by atoms with van der Waals surface area (Å²) in [5.74, 6) is -2.08. The smallest absolute Gasteiger partial charge is 0.403 e. The average Bonchev–Trinajstić information content (AvgIpc) is 1.86. The second kappa shape index (κ2) is 3.02. The minimum Gasteiger partial charge on any atom is -0.767 e. The van der Waals surface area contributed by atoms with Crippen molar-refractivity contribution in [3.8, 4) is 0 Å². The predicted molar refractivity (Wildman–Crippen MR) is 25.9 cm³/mol. The summed E-state index contributed by atoms with van der Waals surface area (Å²) in [6.45, 7) is 0. The monoisotopic (exact) mass is 173 g/mol. The zero-order valence-corrected chi connectivity index (χ0v) is 5.61. The molecule has 0 aliphatic carbocycles. The highest BCUT2D eigenvalue weighted by Crippen LogP contribution is 2.17. The first-order valence-corrected chi connectivity index (χ1v) is 3.06. The molecule has 0 bridgehead atoms. The number of carbonyl (C=O) groups is 1. The van der Waals surface area contributed by atoms with Gasteiger partial charge in [-0.1, -0.05) is 0 Å². The third kappa shape index (κ3) is 1.71. The molecule has 60 valence electrons. The van der Waals surface area contributed by atoms with Crippen LogP contribution in [0.4, 0.5) is 8.78 Å². The van der Waals surface area contributed by atoms with Crippen molar-refractivity contribution in [3.63, 3.8) is 0 Å². The molecule has 0 aromatic rings. The second-order valence-corrected chi connectivity index (χ2v) is 2.23. The molecule has 0 fully saturated rings. The Hall–Kier alpha value is -0.560. The summed E-state index contributed by atoms with van der Waals surface area (Å²) in [7, 11) is 0.670. The van der Waals surface area contributed by atoms with Gasteiger partial charge in [0.05, 0.1) is 7.11 Å². The van der Waals surface area contributed by atoms with Crippen LogP contribution in [0.15, 0.2) is 0 Å². The van der Waals surface area contributed by atoms with Crippen molar-refractivity contribution in [2.75, 3.05) is 7.11 Å². The molecule has 0 radical (unpaired) electrons. The van der Waals surface area contributed by atoms with Gasteiger partial charge in [-0.3, -0.25) is 4.21 Å². The third-order valence-electron chi connectivity index (χ3n) is 0.632. The molecule has 0 heterocycles. The van der Waals surface area contributed by atoms with Crippen LogP contribution in [-0.4, -0.2) is 27.1 Å². The summed E-state index contributed by atoms with van der Waals surface area (Å²) in [6, 6.07) is 0. The maximum absolute atomic E-state index is 11.9. The van der Waals surface area contributed by atoms with Gasteiger partial charge >= 0.3 is 11.2 Å². The zero-order valence-electron chi connectivity index (χ0n) is 4.80. The molecule has 0 N–H and O–H groups in total. The lowest BCUT2D eigenvalue weighted by atomic mass is 10.7. The van der Waals surface area contributed by atoms with E-state index in [1.165, 1.54) is 0 Å². The topological polar surface area (TPSA) is 66.4 Å². The number of alkyl halides is 2. The van der Waals surface area contributed by atoms with Crippen molar-refractivity contribution in [3.05, 3.63) is 0 Å². The lowest BCUT2D eigenvalue weighted by Crippen LogP contribution is -2.34. The molecule has 1 unspecified atom stereocenters. The molecule has 0 amide bonds. The Morgan fingerprint density at radius 1 is 1.70 bits per heavy atom. The number of ether oxygens (including phenoxy) is 1. The van der Waals surface area contributed by atoms with Gasteiger partial charge in [0, 0.05) is 11.1 Å². The fraction of sp³-hybridized carbons (Fsp3) is 0.667. The van der Waals surface area contributed by atoms with E-state index in [9.17, 15) is 22.3 Å². The van der Waals surface area contributed by atoms with Crippen LogP contribution < -0.4 is 0 Å². The van der Waals surface area contributed by atoms with E-state index in [-0.39, 0.29) is 0 Å². The van der Waals surface area contributed by atoms with Crippen molar-refractivity contribution in [1.29, 1.82) is 0 Å². The molecule has 4 nitrogen and oxygen atoms in total. The van der Waals surface area contributed by atoms with Gasteiger partial charge in [0.2, 0.25) is 0 Å². The Morgan fingerprint density at radius 3 is 2.20 bits per heavy atom. The van der Waals surface area contributed by atoms with Crippen LogP contribution in [-0.2, 0) is 20.6 Å². The first-order chi connectivity index (χ1) is 4.42. The molecule has 0 aromatic carbocycles. The largest absolute Gasteiger partial charge is 0.767 e. The molecule has 0 saturated heterocycles. The fourth-order valence-electron chi connectivity index (χ4n) is 0.187. The maximum atomic E-state index is 11.9. The quantitative estimate of drug-likeness (QED) is 0.422. The van der Waals surface area contributed by atoms with Gasteiger partial charge in [0.15, 0.2) is 0 Å². The van der Waals surface area contributed by atoms with Crippen LogP contribution in [0.1, 0.15) is 0 Å². The van der Waals surface area contributed by atoms with Gasteiger partial charge < -0.3 is 9.29 Å². The van der Waals surface area contributed by atoms with Crippen molar-refractivity contribution in [1.82, 2.24) is 0 Å². The molecule has 7 heteroatoms. The number of rotatable bonds is 2. The molecule has 0 rings (SSSR count). The lowest BCUT2D eigenvalue weighted by molar-refractivity contribution is -0.157. The molecule has 10 heavy (non-hydrogen) atoms. The second-order valence-electron chi connectivity index (χ2n) is 1.24. The van der Waals surface area contributed by atoms with Crippen molar-refractivity contribution < 1.29 is 27.1 Å². The molecule has 0 spiro atoms. The van der Waals surface area contributed by atoms with E-state index in [1.54, 1.807) is 0 Å². The zero-order chi connectivity index (χ0) is 8.36. The minimum absolute atomic E-state index is 0.670. The Bertz CT molecular complexity index is 168. The van der Waals surface area contributed by atoms with Crippen molar-refractivity contribution in [2.45, 2.75) is 5.25 Å². The van der Waals surface area contributed by atoms with Crippen LogP contribution in [0.3, 0.4) is 0 Å². The van der Waals surface area contributed by atoms with Crippen molar-refractivity contribution >= 4 is 17.0 Å². The molecule has 0 aliphatic rings. The highest BCUT2D eigenvalue weighted by atomic mass is 32.2. The minimum atomic E-state index is -4.44. The van der Waals surface area contributed by atoms with E-state index in [2.05, 4.69) is 4.74 Å². The van der Waals surface area contributed by atoms with Crippen LogP contribution in [0.25, 0.3) is 0 Å². The third-order valence-corrected chi connectivity index (χ3v) is 1.22. The predicted octanol–water partition coefficient (Wildman–Crippen LogP) is -0.369. The Labute approximate surface area is 57.5 Å². The number of hydrogen-bond acceptors (Lipinski definition) is 4. The van der Waals surface area contributed by atoms with Crippen molar-refractivity contribution in [2.24, 2.45) is 0 Å². The number of esters is 1. The van der Waals surface area contributed by atoms with Gasteiger partial charge in [-0.15, -0.1) is 0 Å². The highest BCUT2D eigenvalue weighted by Gasteiger charge is 2.41. The number of methoxy groups -OCH3 is 1. The Morgan fingerprint density at radius 2 is 2.10 bits per heavy atom. The summed E-state index contributed by atoms with van der Waals surface area (Å²) in [5, 5.41) is -4.44. The lowest BCUT2D eigenvalue weighted by Gasteiger charge is -2.14. The number of carbonyl (C=O) groups excluding carboxylic acids is 1. The number of hydrogen-bond donors (Lipinski definition) is 0. The summed E-state index contributed by atoms with van der Waals surface area (Å²) >= 11 is -3.76. The summed E-state index contributed by atoms with van der Waals surface area (Å²) < 4.78 is 46.3. The normalized spacial score (nSPS) is 14.4. The summed E-state index contributed by atoms with van der Waals surface area (Å²) in [4.78, 5) is 9.91. The van der Waals surface area contributed by atoms with Crippen LogP contribution in [0.2, 0.25) is 0 Å². The highest BCUT2D eigenvalue weighted by molar-refractivity contribution is 7.81. The van der Waals surface area contributed by atoms with E-state index in [0.717, 1.165) is 0 Å². The standard InChI is InChI=1S/C3H4F2O4S/c1-9-2(6)3(4,5)10(7)8/h1H3,(H,7,8)/p-1. The van der Waals surface area contributed by atoms with E-state index in [1.807, 2.05) is 0 Å². The molecule has 0 saturated carbocycles. The van der Waals surface area contributed by atoms with E-state index < -0.39 is 22.3 Å². The van der Waals surface area contributed by atoms with Gasteiger partial charge in [-0.2, -0.15) is 8.78 Å². The van der Waals surface area contributed by atoms with Gasteiger partial charge in [0.25, 0.3) is 0 Å². The van der Waals surface area contributed by atoms with Gasteiger partial charge in [-0.05, 0) is 0 Å². The van der Waals surface area contributed by atoms with Gasteiger partial charge in [0.1, 0.15) is 0 Å². The molecular formula is C3H3F2O4S-. The fourth-order valence-corrected chi connectivity index (χ4v) is 0.406. The first kappa shape index (κ1) is 9.44. The van der Waals surface area contributed by atoms with E-state index in [0.29, 0.717) is 7.11 Å².